The van der Waals surface area contributed by atoms with E-state index in [-0.39, 0.29) is 5.97 Å². The summed E-state index contributed by atoms with van der Waals surface area (Å²) in [4.78, 5) is 19.1. The molecule has 1 aliphatic carbocycles. The lowest BCUT2D eigenvalue weighted by Crippen LogP contribution is -2.52. The van der Waals surface area contributed by atoms with Crippen LogP contribution in [0.25, 0.3) is 5.65 Å². The highest BCUT2D eigenvalue weighted by Crippen LogP contribution is 2.29. The summed E-state index contributed by atoms with van der Waals surface area (Å²) in [5.41, 5.74) is 2.15. The molecule has 0 aromatic carbocycles. The van der Waals surface area contributed by atoms with Gasteiger partial charge in [0.25, 0.3) is 0 Å². The van der Waals surface area contributed by atoms with Gasteiger partial charge in [-0.3, -0.25) is 4.90 Å². The van der Waals surface area contributed by atoms with E-state index in [4.69, 9.17) is 14.5 Å². The molecule has 4 rings (SSSR count). The number of aromatic nitrogens is 2. The Morgan fingerprint density at radius 3 is 3.17 bits per heavy atom. The zero-order valence-electron chi connectivity index (χ0n) is 14.0. The van der Waals surface area contributed by atoms with Crippen molar-refractivity contribution in [1.82, 2.24) is 14.3 Å². The van der Waals surface area contributed by atoms with E-state index in [0.717, 1.165) is 25.4 Å². The Balaban J connectivity index is 1.59. The molecule has 24 heavy (non-hydrogen) atoms. The summed E-state index contributed by atoms with van der Waals surface area (Å²) in [7, 11) is 1.40. The molecule has 3 heterocycles. The van der Waals surface area contributed by atoms with Crippen LogP contribution in [0.2, 0.25) is 0 Å². The first kappa shape index (κ1) is 15.6. The number of rotatable bonds is 3. The Kier molecular flexibility index (Phi) is 4.24. The van der Waals surface area contributed by atoms with Crippen molar-refractivity contribution in [3.63, 3.8) is 0 Å². The SMILES string of the molecule is COC(=O)c1cccn2cc(CN3CCOC4CCCCC43)nc12. The van der Waals surface area contributed by atoms with Crippen LogP contribution in [-0.4, -0.2) is 52.7 Å². The van der Waals surface area contributed by atoms with Gasteiger partial charge in [-0.25, -0.2) is 9.78 Å². The molecular weight excluding hydrogens is 306 g/mol. The number of nitrogens with zero attached hydrogens (tertiary/aromatic N) is 3. The third-order valence-electron chi connectivity index (χ3n) is 5.15. The van der Waals surface area contributed by atoms with E-state index in [0.29, 0.717) is 23.4 Å². The van der Waals surface area contributed by atoms with E-state index in [1.165, 1.54) is 32.8 Å². The smallest absolute Gasteiger partial charge is 0.341 e. The number of esters is 1. The van der Waals surface area contributed by atoms with Gasteiger partial charge >= 0.3 is 5.97 Å². The Bertz CT molecular complexity index is 740. The van der Waals surface area contributed by atoms with E-state index in [2.05, 4.69) is 4.90 Å². The first-order valence-corrected chi connectivity index (χ1v) is 8.67. The minimum atomic E-state index is -0.350. The lowest BCUT2D eigenvalue weighted by molar-refractivity contribution is -0.0914. The van der Waals surface area contributed by atoms with E-state index in [1.807, 2.05) is 22.9 Å². The monoisotopic (exact) mass is 329 g/mol. The lowest BCUT2D eigenvalue weighted by atomic mass is 9.90. The van der Waals surface area contributed by atoms with Crippen molar-refractivity contribution in [2.45, 2.75) is 44.4 Å². The minimum absolute atomic E-state index is 0.350. The third-order valence-corrected chi connectivity index (χ3v) is 5.15. The van der Waals surface area contributed by atoms with Gasteiger partial charge in [-0.2, -0.15) is 0 Å². The quantitative estimate of drug-likeness (QED) is 0.809. The van der Waals surface area contributed by atoms with Gasteiger partial charge < -0.3 is 13.9 Å². The highest BCUT2D eigenvalue weighted by molar-refractivity contribution is 5.95. The maximum Gasteiger partial charge on any atom is 0.341 e. The van der Waals surface area contributed by atoms with Crippen LogP contribution < -0.4 is 0 Å². The van der Waals surface area contributed by atoms with Crippen molar-refractivity contribution in [1.29, 1.82) is 0 Å². The highest BCUT2D eigenvalue weighted by atomic mass is 16.5. The van der Waals surface area contributed by atoms with Crippen LogP contribution in [0.4, 0.5) is 0 Å². The Morgan fingerprint density at radius 2 is 2.29 bits per heavy atom. The number of imidazole rings is 1. The summed E-state index contributed by atoms with van der Waals surface area (Å²) in [5.74, 6) is -0.350. The molecule has 2 fully saturated rings. The molecule has 2 atom stereocenters. The predicted octanol–water partition coefficient (Wildman–Crippen LogP) is 2.26. The molecule has 6 nitrogen and oxygen atoms in total. The van der Waals surface area contributed by atoms with Crippen LogP contribution in [0, 0.1) is 0 Å². The molecule has 1 saturated carbocycles. The Hall–Kier alpha value is -1.92. The summed E-state index contributed by atoms with van der Waals surface area (Å²) < 4.78 is 12.7. The van der Waals surface area contributed by atoms with Gasteiger partial charge in [0.1, 0.15) is 5.56 Å². The van der Waals surface area contributed by atoms with Crippen molar-refractivity contribution in [3.05, 3.63) is 35.8 Å². The predicted molar refractivity (Wildman–Crippen MR) is 88.9 cm³/mol. The van der Waals surface area contributed by atoms with Crippen molar-refractivity contribution < 1.29 is 14.3 Å². The van der Waals surface area contributed by atoms with Gasteiger partial charge in [-0.05, 0) is 25.0 Å². The van der Waals surface area contributed by atoms with Crippen molar-refractivity contribution in [3.8, 4) is 0 Å². The fourth-order valence-electron chi connectivity index (χ4n) is 3.99. The average molecular weight is 329 g/mol. The lowest BCUT2D eigenvalue weighted by Gasteiger charge is -2.43. The molecule has 2 aromatic heterocycles. The maximum atomic E-state index is 11.9. The fraction of sp³-hybridized carbons (Fsp3) is 0.556. The normalized spacial score (nSPS) is 24.7. The fourth-order valence-corrected chi connectivity index (χ4v) is 3.99. The van der Waals surface area contributed by atoms with Crippen molar-refractivity contribution in [2.75, 3.05) is 20.3 Å². The molecular formula is C18H23N3O3. The summed E-state index contributed by atoms with van der Waals surface area (Å²) >= 11 is 0. The molecule has 128 valence electrons. The molecule has 2 aliphatic rings. The topological polar surface area (TPSA) is 56.1 Å². The molecule has 2 aromatic rings. The van der Waals surface area contributed by atoms with Crippen molar-refractivity contribution in [2.24, 2.45) is 0 Å². The molecule has 6 heteroatoms. The van der Waals surface area contributed by atoms with Crippen LogP contribution in [0.1, 0.15) is 41.7 Å². The number of carbonyl (C=O) groups is 1. The minimum Gasteiger partial charge on any atom is -0.465 e. The zero-order valence-corrected chi connectivity index (χ0v) is 14.0. The Morgan fingerprint density at radius 1 is 1.42 bits per heavy atom. The summed E-state index contributed by atoms with van der Waals surface area (Å²) in [6, 6.07) is 4.10. The van der Waals surface area contributed by atoms with Gasteiger partial charge in [0.05, 0.1) is 25.5 Å². The van der Waals surface area contributed by atoms with Crippen LogP contribution >= 0.6 is 0 Å². The van der Waals surface area contributed by atoms with E-state index >= 15 is 0 Å². The van der Waals surface area contributed by atoms with Gasteiger partial charge in [-0.1, -0.05) is 12.8 Å². The molecule has 0 bridgehead atoms. The van der Waals surface area contributed by atoms with Crippen LogP contribution in [0.15, 0.2) is 24.5 Å². The number of methoxy groups -OCH3 is 1. The number of hydrogen-bond donors (Lipinski definition) is 0. The van der Waals surface area contributed by atoms with E-state index in [1.54, 1.807) is 6.07 Å². The molecule has 0 spiro atoms. The molecule has 2 unspecified atom stereocenters. The number of fused-ring (bicyclic) bond motifs is 2. The van der Waals surface area contributed by atoms with E-state index in [9.17, 15) is 4.79 Å². The third kappa shape index (κ3) is 2.80. The van der Waals surface area contributed by atoms with Crippen LogP contribution in [-0.2, 0) is 16.0 Å². The standard InChI is InChI=1S/C18H23N3O3/c1-23-18(22)14-5-4-8-21-12-13(19-17(14)21)11-20-9-10-24-16-7-3-2-6-15(16)20/h4-5,8,12,15-16H,2-3,6-7,9-11H2,1H3. The highest BCUT2D eigenvalue weighted by Gasteiger charge is 2.34. The first-order chi connectivity index (χ1) is 11.8. The second-order valence-electron chi connectivity index (χ2n) is 6.61. The molecule has 0 radical (unpaired) electrons. The van der Waals surface area contributed by atoms with Crippen molar-refractivity contribution >= 4 is 11.6 Å². The largest absolute Gasteiger partial charge is 0.465 e. The van der Waals surface area contributed by atoms with Gasteiger partial charge in [0, 0.05) is 31.5 Å². The summed E-state index contributed by atoms with van der Waals surface area (Å²) in [6.45, 7) is 2.54. The summed E-state index contributed by atoms with van der Waals surface area (Å²) in [5, 5.41) is 0. The number of pyridine rings is 1. The molecule has 0 amide bonds. The second-order valence-corrected chi connectivity index (χ2v) is 6.61. The van der Waals surface area contributed by atoms with Gasteiger partial charge in [-0.15, -0.1) is 0 Å². The number of carbonyl (C=O) groups excluding carboxylic acids is 1. The maximum absolute atomic E-state index is 11.9. The number of hydrogen-bond acceptors (Lipinski definition) is 5. The van der Waals surface area contributed by atoms with E-state index < -0.39 is 0 Å². The average Bonchev–Trinajstić information content (AvgIpc) is 3.03. The zero-order chi connectivity index (χ0) is 16.5. The number of morpholine rings is 1. The van der Waals surface area contributed by atoms with Crippen LogP contribution in [0.5, 0.6) is 0 Å². The Labute approximate surface area is 141 Å². The second kappa shape index (κ2) is 6.53. The van der Waals surface area contributed by atoms with Crippen LogP contribution in [0.3, 0.4) is 0 Å². The molecule has 1 aliphatic heterocycles. The molecule has 0 N–H and O–H groups in total. The summed E-state index contributed by atoms with van der Waals surface area (Å²) in [6.07, 6.45) is 9.21. The first-order valence-electron chi connectivity index (χ1n) is 8.67. The van der Waals surface area contributed by atoms with Gasteiger partial charge in [0.15, 0.2) is 5.65 Å². The number of ether oxygens (including phenoxy) is 2. The molecule has 1 saturated heterocycles. The van der Waals surface area contributed by atoms with Gasteiger partial charge in [0.2, 0.25) is 0 Å².